The van der Waals surface area contributed by atoms with E-state index >= 15 is 0 Å². The highest BCUT2D eigenvalue weighted by Gasteiger charge is 2.33. The molecule has 0 saturated carbocycles. The molecule has 114 valence electrons. The fraction of sp³-hybridized carbons (Fsp3) is 0.267. The Kier molecular flexibility index (Phi) is 4.34. The Morgan fingerprint density at radius 2 is 2.05 bits per heavy atom. The Hall–Kier alpha value is -2.41. The standard InChI is InChI=1S/C15H15N3O3S/c19-14(13-6-7-16-22-13)18-8-12(9-18)17-15(20)21-10-11-4-2-1-3-5-11/h1-7,12H,8-10H2,(H,17,20). The molecule has 0 bridgehead atoms. The van der Waals surface area contributed by atoms with E-state index in [1.165, 1.54) is 11.5 Å². The van der Waals surface area contributed by atoms with Gasteiger partial charge in [-0.25, -0.2) is 9.17 Å². The second-order valence-corrected chi connectivity index (χ2v) is 5.82. The molecule has 6 nitrogen and oxygen atoms in total. The van der Waals surface area contributed by atoms with E-state index in [2.05, 4.69) is 9.69 Å². The van der Waals surface area contributed by atoms with Gasteiger partial charge in [-0.2, -0.15) is 0 Å². The molecular weight excluding hydrogens is 302 g/mol. The first kappa shape index (κ1) is 14.5. The second-order valence-electron chi connectivity index (χ2n) is 4.99. The summed E-state index contributed by atoms with van der Waals surface area (Å²) >= 11 is 1.18. The molecule has 7 heteroatoms. The van der Waals surface area contributed by atoms with Crippen LogP contribution in [0.2, 0.25) is 0 Å². The molecular formula is C15H15N3O3S. The summed E-state index contributed by atoms with van der Waals surface area (Å²) in [4.78, 5) is 26.0. The normalized spacial score (nSPS) is 14.3. The lowest BCUT2D eigenvalue weighted by Gasteiger charge is -2.38. The average Bonchev–Trinajstić information content (AvgIpc) is 3.03. The van der Waals surface area contributed by atoms with Crippen LogP contribution in [0.15, 0.2) is 42.6 Å². The number of ether oxygens (including phenoxy) is 1. The molecule has 1 aliphatic heterocycles. The Labute approximate surface area is 131 Å². The summed E-state index contributed by atoms with van der Waals surface area (Å²) in [6.07, 6.45) is 1.15. The molecule has 0 aliphatic carbocycles. The van der Waals surface area contributed by atoms with E-state index in [-0.39, 0.29) is 18.6 Å². The van der Waals surface area contributed by atoms with Gasteiger partial charge in [0.25, 0.3) is 5.91 Å². The zero-order valence-corrected chi connectivity index (χ0v) is 12.6. The molecule has 3 rings (SSSR count). The minimum Gasteiger partial charge on any atom is -0.445 e. The van der Waals surface area contributed by atoms with Crippen molar-refractivity contribution in [2.45, 2.75) is 12.6 Å². The van der Waals surface area contributed by atoms with Crippen LogP contribution in [0.4, 0.5) is 4.79 Å². The lowest BCUT2D eigenvalue weighted by Crippen LogP contribution is -2.60. The van der Waals surface area contributed by atoms with Gasteiger partial charge >= 0.3 is 6.09 Å². The average molecular weight is 317 g/mol. The number of likely N-dealkylation sites (tertiary alicyclic amines) is 1. The number of rotatable bonds is 4. The van der Waals surface area contributed by atoms with Gasteiger partial charge in [0, 0.05) is 19.3 Å². The molecule has 22 heavy (non-hydrogen) atoms. The van der Waals surface area contributed by atoms with Gasteiger partial charge in [-0.15, -0.1) is 0 Å². The number of nitrogens with one attached hydrogen (secondary N) is 1. The minimum atomic E-state index is -0.459. The molecule has 2 amide bonds. The zero-order chi connectivity index (χ0) is 15.4. The van der Waals surface area contributed by atoms with Gasteiger partial charge in [-0.3, -0.25) is 4.79 Å². The Bertz CT molecular complexity index is 639. The van der Waals surface area contributed by atoms with Crippen LogP contribution in [0.3, 0.4) is 0 Å². The van der Waals surface area contributed by atoms with Crippen molar-refractivity contribution >= 4 is 23.5 Å². The highest BCUT2D eigenvalue weighted by Crippen LogP contribution is 2.15. The number of aromatic nitrogens is 1. The van der Waals surface area contributed by atoms with Crippen molar-refractivity contribution in [3.63, 3.8) is 0 Å². The summed E-state index contributed by atoms with van der Waals surface area (Å²) in [6.45, 7) is 1.23. The van der Waals surface area contributed by atoms with E-state index in [0.717, 1.165) is 5.56 Å². The summed E-state index contributed by atoms with van der Waals surface area (Å²) in [5.74, 6) is -0.0433. The first-order chi connectivity index (χ1) is 10.7. The van der Waals surface area contributed by atoms with Gasteiger partial charge in [0.2, 0.25) is 0 Å². The number of amides is 2. The number of hydrogen-bond donors (Lipinski definition) is 1. The zero-order valence-electron chi connectivity index (χ0n) is 11.8. The van der Waals surface area contributed by atoms with Gasteiger partial charge < -0.3 is 15.0 Å². The largest absolute Gasteiger partial charge is 0.445 e. The number of alkyl carbamates (subject to hydrolysis) is 1. The highest BCUT2D eigenvalue weighted by atomic mass is 32.1. The Morgan fingerprint density at radius 3 is 2.73 bits per heavy atom. The molecule has 2 aromatic rings. The first-order valence-electron chi connectivity index (χ1n) is 6.89. The van der Waals surface area contributed by atoms with Crippen LogP contribution >= 0.6 is 11.5 Å². The number of nitrogens with zero attached hydrogens (tertiary/aromatic N) is 2. The van der Waals surface area contributed by atoms with E-state index in [1.807, 2.05) is 30.3 Å². The van der Waals surface area contributed by atoms with Crippen LogP contribution in [0.5, 0.6) is 0 Å². The predicted octanol–water partition coefficient (Wildman–Crippen LogP) is 1.89. The number of hydrogen-bond acceptors (Lipinski definition) is 5. The maximum atomic E-state index is 12.0. The van der Waals surface area contributed by atoms with E-state index in [4.69, 9.17) is 4.74 Å². The third-order valence-corrected chi connectivity index (χ3v) is 4.09. The number of carbonyl (C=O) groups is 2. The smallest absolute Gasteiger partial charge is 0.407 e. The summed E-state index contributed by atoms with van der Waals surface area (Å²) in [5, 5.41) is 2.75. The van der Waals surface area contributed by atoms with Crippen LogP contribution in [0.25, 0.3) is 0 Å². The molecule has 1 aliphatic rings. The van der Waals surface area contributed by atoms with Crippen molar-refractivity contribution in [3.8, 4) is 0 Å². The third kappa shape index (κ3) is 3.43. The molecule has 1 saturated heterocycles. The molecule has 2 heterocycles. The van der Waals surface area contributed by atoms with Gasteiger partial charge in [-0.1, -0.05) is 30.3 Å². The number of benzene rings is 1. The van der Waals surface area contributed by atoms with Crippen molar-refractivity contribution in [1.82, 2.24) is 14.6 Å². The third-order valence-electron chi connectivity index (χ3n) is 3.35. The van der Waals surface area contributed by atoms with Crippen molar-refractivity contribution < 1.29 is 14.3 Å². The summed E-state index contributed by atoms with van der Waals surface area (Å²) in [6, 6.07) is 11.1. The predicted molar refractivity (Wildman–Crippen MR) is 81.6 cm³/mol. The van der Waals surface area contributed by atoms with Crippen LogP contribution in [0.1, 0.15) is 15.2 Å². The Balaban J connectivity index is 1.39. The van der Waals surface area contributed by atoms with Gasteiger partial charge in [0.1, 0.15) is 11.5 Å². The highest BCUT2D eigenvalue weighted by molar-refractivity contribution is 7.08. The molecule has 0 spiro atoms. The molecule has 1 aromatic carbocycles. The summed E-state index contributed by atoms with van der Waals surface area (Å²) < 4.78 is 9.05. The van der Waals surface area contributed by atoms with E-state index in [1.54, 1.807) is 17.2 Å². The fourth-order valence-corrected chi connectivity index (χ4v) is 2.71. The fourth-order valence-electron chi connectivity index (χ4n) is 2.15. The van der Waals surface area contributed by atoms with E-state index in [0.29, 0.717) is 18.0 Å². The van der Waals surface area contributed by atoms with Gasteiger partial charge in [0.05, 0.1) is 6.04 Å². The molecule has 1 aromatic heterocycles. The van der Waals surface area contributed by atoms with Crippen molar-refractivity contribution in [3.05, 3.63) is 53.0 Å². The summed E-state index contributed by atoms with van der Waals surface area (Å²) in [7, 11) is 0. The van der Waals surface area contributed by atoms with Crippen LogP contribution in [-0.4, -0.2) is 40.4 Å². The lowest BCUT2D eigenvalue weighted by molar-refractivity contribution is 0.0550. The maximum Gasteiger partial charge on any atom is 0.407 e. The van der Waals surface area contributed by atoms with E-state index in [9.17, 15) is 9.59 Å². The van der Waals surface area contributed by atoms with Crippen molar-refractivity contribution in [2.24, 2.45) is 0 Å². The topological polar surface area (TPSA) is 71.5 Å². The first-order valence-corrected chi connectivity index (χ1v) is 7.67. The minimum absolute atomic E-state index is 0.0433. The van der Waals surface area contributed by atoms with Crippen LogP contribution < -0.4 is 5.32 Å². The molecule has 0 unspecified atom stereocenters. The Morgan fingerprint density at radius 1 is 1.27 bits per heavy atom. The summed E-state index contributed by atoms with van der Waals surface area (Å²) in [5.41, 5.74) is 0.938. The van der Waals surface area contributed by atoms with E-state index < -0.39 is 6.09 Å². The molecule has 1 N–H and O–H groups in total. The number of carbonyl (C=O) groups excluding carboxylic acids is 2. The van der Waals surface area contributed by atoms with Crippen molar-refractivity contribution in [1.29, 1.82) is 0 Å². The van der Waals surface area contributed by atoms with Gasteiger partial charge in [-0.05, 0) is 23.2 Å². The molecule has 0 radical (unpaired) electrons. The quantitative estimate of drug-likeness (QED) is 0.935. The maximum absolute atomic E-state index is 12.0. The molecule has 1 fully saturated rings. The monoisotopic (exact) mass is 317 g/mol. The van der Waals surface area contributed by atoms with Crippen molar-refractivity contribution in [2.75, 3.05) is 13.1 Å². The lowest BCUT2D eigenvalue weighted by atomic mass is 10.1. The molecule has 0 atom stereocenters. The van der Waals surface area contributed by atoms with Crippen LogP contribution in [0, 0.1) is 0 Å². The second kappa shape index (κ2) is 6.57. The van der Waals surface area contributed by atoms with Crippen LogP contribution in [-0.2, 0) is 11.3 Å². The SMILES string of the molecule is O=C(NC1CN(C(=O)c2ccns2)C1)OCc1ccccc1. The van der Waals surface area contributed by atoms with Gasteiger partial charge in [0.15, 0.2) is 0 Å².